The number of ether oxygens (including phenoxy) is 1. The highest BCUT2D eigenvalue weighted by molar-refractivity contribution is 7.48. The monoisotopic (exact) mass is 369 g/mol. The molecule has 0 radical (unpaired) electrons. The largest absolute Gasteiger partial charge is 0.481 e. The van der Waals surface area contributed by atoms with Crippen LogP contribution in [0.3, 0.4) is 0 Å². The minimum atomic E-state index is -3.95. The van der Waals surface area contributed by atoms with E-state index in [1.54, 1.807) is 41.5 Å². The van der Waals surface area contributed by atoms with Crippen LogP contribution in [0.15, 0.2) is 0 Å². The van der Waals surface area contributed by atoms with E-state index in [4.69, 9.17) is 23.4 Å². The number of carbonyl (C=O) groups is 2. The molecule has 0 atom stereocenters. The fourth-order valence-corrected chi connectivity index (χ4v) is 3.03. The summed E-state index contributed by atoms with van der Waals surface area (Å²) < 4.78 is 33.1. The Morgan fingerprint density at radius 3 is 1.96 bits per heavy atom. The minimum Gasteiger partial charge on any atom is -0.481 e. The van der Waals surface area contributed by atoms with Crippen molar-refractivity contribution in [1.29, 1.82) is 0 Å². The highest BCUT2D eigenvalue weighted by Crippen LogP contribution is 2.55. The number of alkyl carbamates (subject to hydrolysis) is 1. The number of hydrogen-bond donors (Lipinski definition) is 2. The number of carbonyl (C=O) groups excluding carboxylic acids is 1. The van der Waals surface area contributed by atoms with Gasteiger partial charge in [-0.25, -0.2) is 13.9 Å². The maximum absolute atomic E-state index is 12.6. The Labute approximate surface area is 142 Å². The molecule has 0 aliphatic carbocycles. The summed E-state index contributed by atoms with van der Waals surface area (Å²) in [5.41, 5.74) is -1.58. The molecule has 0 bridgehead atoms. The molecule has 2 N–H and O–H groups in total. The van der Waals surface area contributed by atoms with Crippen molar-refractivity contribution in [2.24, 2.45) is 0 Å². The zero-order chi connectivity index (χ0) is 19.0. The Bertz CT molecular complexity index is 446. The molecule has 1 amide bonds. The lowest BCUT2D eigenvalue weighted by atomic mass is 10.2. The van der Waals surface area contributed by atoms with Crippen molar-refractivity contribution >= 4 is 19.9 Å². The van der Waals surface area contributed by atoms with Crippen molar-refractivity contribution in [3.8, 4) is 0 Å². The van der Waals surface area contributed by atoms with Crippen molar-refractivity contribution in [2.45, 2.75) is 65.6 Å². The quantitative estimate of drug-likeness (QED) is 0.361. The Kier molecular flexibility index (Phi) is 8.91. The molecule has 0 aromatic rings. The van der Waals surface area contributed by atoms with Crippen LogP contribution in [0.2, 0.25) is 0 Å². The zero-order valence-electron chi connectivity index (χ0n) is 15.1. The minimum absolute atomic E-state index is 0.0647. The lowest BCUT2D eigenvalue weighted by molar-refractivity contribution is -0.137. The number of hydrogen-bond acceptors (Lipinski definition) is 7. The van der Waals surface area contributed by atoms with Crippen LogP contribution < -0.4 is 5.32 Å². The highest BCUT2D eigenvalue weighted by Gasteiger charge is 2.37. The van der Waals surface area contributed by atoms with Crippen LogP contribution in [-0.4, -0.2) is 41.7 Å². The third kappa shape index (κ3) is 13.3. The molecule has 0 aliphatic rings. The van der Waals surface area contributed by atoms with Crippen molar-refractivity contribution in [3.05, 3.63) is 0 Å². The van der Waals surface area contributed by atoms with Crippen LogP contribution in [0, 0.1) is 0 Å². The van der Waals surface area contributed by atoms with E-state index in [9.17, 15) is 14.2 Å². The van der Waals surface area contributed by atoms with E-state index < -0.39 is 37.9 Å². The van der Waals surface area contributed by atoms with Crippen LogP contribution in [0.5, 0.6) is 0 Å². The van der Waals surface area contributed by atoms with E-state index in [1.807, 2.05) is 0 Å². The molecular weight excluding hydrogens is 341 g/mol. The average molecular weight is 369 g/mol. The SMILES string of the molecule is CC(C)(C)OP(=O)(OCOC(=O)NCCCC(=O)O)OC(C)(C)C. The average Bonchev–Trinajstić information content (AvgIpc) is 2.29. The van der Waals surface area contributed by atoms with Crippen LogP contribution in [0.1, 0.15) is 54.4 Å². The standard InChI is InChI=1S/C14H28NO8P/c1-13(2,3)22-24(19,23-14(4,5)6)21-10-20-12(18)15-9-7-8-11(16)17/h7-10H2,1-6H3,(H,15,18)(H,16,17). The molecule has 0 aromatic heterocycles. The summed E-state index contributed by atoms with van der Waals surface area (Å²) in [5.74, 6) is -0.951. The number of carboxylic acids is 1. The predicted molar refractivity (Wildman–Crippen MR) is 86.6 cm³/mol. The first-order valence-corrected chi connectivity index (χ1v) is 8.97. The molecule has 0 fully saturated rings. The van der Waals surface area contributed by atoms with Gasteiger partial charge in [0.1, 0.15) is 0 Å². The first-order chi connectivity index (χ1) is 10.7. The van der Waals surface area contributed by atoms with E-state index in [-0.39, 0.29) is 19.4 Å². The van der Waals surface area contributed by atoms with Gasteiger partial charge in [0.25, 0.3) is 0 Å². The maximum atomic E-state index is 12.6. The first-order valence-electron chi connectivity index (χ1n) is 7.51. The highest BCUT2D eigenvalue weighted by atomic mass is 31.2. The summed E-state index contributed by atoms with van der Waals surface area (Å²) in [6, 6.07) is 0. The summed E-state index contributed by atoms with van der Waals surface area (Å²) in [4.78, 5) is 21.7. The van der Waals surface area contributed by atoms with E-state index in [0.717, 1.165) is 0 Å². The van der Waals surface area contributed by atoms with Gasteiger partial charge in [-0.2, -0.15) is 0 Å². The van der Waals surface area contributed by atoms with Crippen molar-refractivity contribution in [2.75, 3.05) is 13.3 Å². The van der Waals surface area contributed by atoms with Crippen molar-refractivity contribution in [1.82, 2.24) is 5.32 Å². The third-order valence-electron chi connectivity index (χ3n) is 2.01. The van der Waals surface area contributed by atoms with Gasteiger partial charge >= 0.3 is 19.9 Å². The van der Waals surface area contributed by atoms with Crippen LogP contribution in [-0.2, 0) is 27.7 Å². The summed E-state index contributed by atoms with van der Waals surface area (Å²) >= 11 is 0. The van der Waals surface area contributed by atoms with Gasteiger partial charge in [0.05, 0.1) is 11.2 Å². The van der Waals surface area contributed by atoms with Gasteiger partial charge in [-0.3, -0.25) is 13.8 Å². The Morgan fingerprint density at radius 1 is 1.04 bits per heavy atom. The molecule has 24 heavy (non-hydrogen) atoms. The summed E-state index contributed by atoms with van der Waals surface area (Å²) in [5, 5.41) is 10.8. The van der Waals surface area contributed by atoms with Gasteiger partial charge in [0.2, 0.25) is 6.79 Å². The second-order valence-corrected chi connectivity index (χ2v) is 8.48. The van der Waals surface area contributed by atoms with Gasteiger partial charge in [-0.15, -0.1) is 0 Å². The van der Waals surface area contributed by atoms with Gasteiger partial charge < -0.3 is 15.2 Å². The van der Waals surface area contributed by atoms with E-state index in [0.29, 0.717) is 0 Å². The molecule has 0 aliphatic heterocycles. The number of rotatable bonds is 9. The number of phosphoric acid groups is 1. The second kappa shape index (κ2) is 9.36. The van der Waals surface area contributed by atoms with Gasteiger partial charge in [0, 0.05) is 13.0 Å². The number of aliphatic carboxylic acids is 1. The van der Waals surface area contributed by atoms with E-state index >= 15 is 0 Å². The number of carboxylic acid groups (broad SMARTS) is 1. The molecule has 0 saturated heterocycles. The smallest absolute Gasteiger partial charge is 0.478 e. The molecule has 142 valence electrons. The maximum Gasteiger partial charge on any atom is 0.478 e. The summed E-state index contributed by atoms with van der Waals surface area (Å²) in [6.07, 6.45) is -0.618. The fourth-order valence-electron chi connectivity index (χ4n) is 1.37. The molecule has 0 rings (SSSR count). The molecular formula is C14H28NO8P. The number of nitrogens with one attached hydrogen (secondary N) is 1. The van der Waals surface area contributed by atoms with Gasteiger partial charge in [-0.1, -0.05) is 0 Å². The number of phosphoric ester groups is 1. The van der Waals surface area contributed by atoms with Crippen LogP contribution in [0.4, 0.5) is 4.79 Å². The molecule has 0 spiro atoms. The molecule has 0 aromatic carbocycles. The summed E-state index contributed by atoms with van der Waals surface area (Å²) in [6.45, 7) is 9.62. The predicted octanol–water partition coefficient (Wildman–Crippen LogP) is 3.29. The summed E-state index contributed by atoms with van der Waals surface area (Å²) in [7, 11) is -3.95. The van der Waals surface area contributed by atoms with Crippen LogP contribution in [0.25, 0.3) is 0 Å². The first kappa shape index (κ1) is 22.9. The zero-order valence-corrected chi connectivity index (χ0v) is 16.0. The van der Waals surface area contributed by atoms with E-state index in [2.05, 4.69) is 5.32 Å². The molecule has 9 nitrogen and oxygen atoms in total. The fraction of sp³-hybridized carbons (Fsp3) is 0.857. The van der Waals surface area contributed by atoms with E-state index in [1.165, 1.54) is 0 Å². The van der Waals surface area contributed by atoms with Crippen molar-refractivity contribution < 1.29 is 37.6 Å². The number of amides is 1. The molecule has 0 unspecified atom stereocenters. The Balaban J connectivity index is 4.39. The van der Waals surface area contributed by atoms with Gasteiger partial charge in [-0.05, 0) is 48.0 Å². The van der Waals surface area contributed by atoms with Crippen LogP contribution >= 0.6 is 7.82 Å². The third-order valence-corrected chi connectivity index (χ3v) is 3.97. The second-order valence-electron chi connectivity index (χ2n) is 6.96. The van der Waals surface area contributed by atoms with Gasteiger partial charge in [0.15, 0.2) is 0 Å². The molecule has 10 heteroatoms. The lowest BCUT2D eigenvalue weighted by Crippen LogP contribution is -2.28. The topological polar surface area (TPSA) is 120 Å². The normalized spacial score (nSPS) is 12.8. The Morgan fingerprint density at radius 2 is 1.54 bits per heavy atom. The lowest BCUT2D eigenvalue weighted by Gasteiger charge is -2.30. The van der Waals surface area contributed by atoms with Crippen molar-refractivity contribution in [3.63, 3.8) is 0 Å². The molecule has 0 saturated carbocycles. The Hall–Kier alpha value is -1.15. The molecule has 0 heterocycles.